The van der Waals surface area contributed by atoms with E-state index in [1.165, 1.54) is 0 Å². The van der Waals surface area contributed by atoms with Gasteiger partial charge < -0.3 is 9.30 Å². The third-order valence-corrected chi connectivity index (χ3v) is 2.55. The first-order valence-corrected chi connectivity index (χ1v) is 4.75. The predicted molar refractivity (Wildman–Crippen MR) is 58.8 cm³/mol. The van der Waals surface area contributed by atoms with Crippen molar-refractivity contribution in [3.05, 3.63) is 30.0 Å². The number of hydrogen-bond donors (Lipinski definition) is 0. The fourth-order valence-corrected chi connectivity index (χ4v) is 1.80. The first kappa shape index (κ1) is 9.60. The predicted octanol–water partition coefficient (Wildman–Crippen LogP) is 2.25. The van der Waals surface area contributed by atoms with E-state index in [1.807, 2.05) is 36.0 Å². The van der Waals surface area contributed by atoms with E-state index < -0.39 is 0 Å². The number of fused-ring (bicyclic) bond motifs is 1. The van der Waals surface area contributed by atoms with Crippen LogP contribution >= 0.6 is 0 Å². The maximum atomic E-state index is 8.71. The summed E-state index contributed by atoms with van der Waals surface area (Å²) in [6, 6.07) is 8.08. The Morgan fingerprint density at radius 3 is 2.93 bits per heavy atom. The molecule has 0 saturated carbocycles. The highest BCUT2D eigenvalue weighted by atomic mass is 16.5. The van der Waals surface area contributed by atoms with Crippen LogP contribution in [-0.4, -0.2) is 11.7 Å². The van der Waals surface area contributed by atoms with E-state index >= 15 is 0 Å². The Labute approximate surface area is 88.5 Å². The third-order valence-electron chi connectivity index (χ3n) is 2.55. The maximum Gasteiger partial charge on any atom is 0.120 e. The van der Waals surface area contributed by atoms with Gasteiger partial charge in [0.1, 0.15) is 5.75 Å². The number of nitrogens with zero attached hydrogens (tertiary/aromatic N) is 2. The van der Waals surface area contributed by atoms with E-state index in [0.717, 1.165) is 22.2 Å². The van der Waals surface area contributed by atoms with E-state index in [1.54, 1.807) is 7.11 Å². The summed E-state index contributed by atoms with van der Waals surface area (Å²) in [6.45, 7) is 0. The Morgan fingerprint density at radius 1 is 1.47 bits per heavy atom. The summed E-state index contributed by atoms with van der Waals surface area (Å²) in [7, 11) is 3.63. The lowest BCUT2D eigenvalue weighted by Crippen LogP contribution is -1.86. The van der Waals surface area contributed by atoms with Gasteiger partial charge in [-0.2, -0.15) is 5.26 Å². The molecule has 1 heterocycles. The molecule has 76 valence electrons. The summed E-state index contributed by atoms with van der Waals surface area (Å²) in [5.74, 6) is 0.840. The number of nitriles is 1. The van der Waals surface area contributed by atoms with Crippen molar-refractivity contribution in [3.8, 4) is 11.8 Å². The fraction of sp³-hybridized carbons (Fsp3) is 0.250. The van der Waals surface area contributed by atoms with Crippen LogP contribution in [0.2, 0.25) is 0 Å². The van der Waals surface area contributed by atoms with Crippen LogP contribution in [-0.2, 0) is 13.5 Å². The highest BCUT2D eigenvalue weighted by Gasteiger charge is 2.06. The van der Waals surface area contributed by atoms with Gasteiger partial charge in [0.25, 0.3) is 0 Å². The first-order chi connectivity index (χ1) is 7.26. The average Bonchev–Trinajstić information content (AvgIpc) is 2.56. The van der Waals surface area contributed by atoms with Gasteiger partial charge in [0.15, 0.2) is 0 Å². The molecule has 15 heavy (non-hydrogen) atoms. The molecular weight excluding hydrogens is 188 g/mol. The summed E-state index contributed by atoms with van der Waals surface area (Å²) in [4.78, 5) is 0. The van der Waals surface area contributed by atoms with Crippen molar-refractivity contribution in [1.29, 1.82) is 5.26 Å². The number of aryl methyl sites for hydroxylation is 1. The van der Waals surface area contributed by atoms with Gasteiger partial charge in [-0.25, -0.2) is 0 Å². The van der Waals surface area contributed by atoms with Gasteiger partial charge in [-0.05, 0) is 17.7 Å². The largest absolute Gasteiger partial charge is 0.497 e. The zero-order chi connectivity index (χ0) is 10.8. The molecule has 3 nitrogen and oxygen atoms in total. The second-order valence-corrected chi connectivity index (χ2v) is 3.48. The molecule has 0 atom stereocenters. The number of rotatable bonds is 2. The van der Waals surface area contributed by atoms with Gasteiger partial charge in [-0.3, -0.25) is 0 Å². The highest BCUT2D eigenvalue weighted by Crippen LogP contribution is 2.25. The lowest BCUT2D eigenvalue weighted by molar-refractivity contribution is 0.415. The summed E-state index contributed by atoms with van der Waals surface area (Å²) in [5, 5.41) is 9.83. The maximum absolute atomic E-state index is 8.71. The lowest BCUT2D eigenvalue weighted by atomic mass is 10.1. The van der Waals surface area contributed by atoms with Crippen LogP contribution in [0.1, 0.15) is 5.56 Å². The number of aromatic nitrogens is 1. The molecule has 1 aromatic carbocycles. The van der Waals surface area contributed by atoms with Crippen molar-refractivity contribution in [2.75, 3.05) is 7.11 Å². The fourth-order valence-electron chi connectivity index (χ4n) is 1.80. The molecule has 0 radical (unpaired) electrons. The summed E-state index contributed by atoms with van der Waals surface area (Å²) in [6.07, 6.45) is 2.44. The monoisotopic (exact) mass is 200 g/mol. The first-order valence-electron chi connectivity index (χ1n) is 4.75. The molecule has 0 bridgehead atoms. The number of benzene rings is 1. The van der Waals surface area contributed by atoms with E-state index in [0.29, 0.717) is 6.42 Å². The van der Waals surface area contributed by atoms with Crippen molar-refractivity contribution >= 4 is 10.9 Å². The quantitative estimate of drug-likeness (QED) is 0.745. The average molecular weight is 200 g/mol. The minimum absolute atomic E-state index is 0.448. The van der Waals surface area contributed by atoms with Gasteiger partial charge >= 0.3 is 0 Å². The zero-order valence-corrected chi connectivity index (χ0v) is 8.82. The molecular formula is C12H12N2O. The van der Waals surface area contributed by atoms with Crippen molar-refractivity contribution in [3.63, 3.8) is 0 Å². The summed E-state index contributed by atoms with van der Waals surface area (Å²) >= 11 is 0. The normalized spacial score (nSPS) is 10.2. The SMILES string of the molecule is COc1ccc2c(CC#N)cn(C)c2c1. The molecule has 1 aromatic heterocycles. The van der Waals surface area contributed by atoms with Gasteiger partial charge in [-0.15, -0.1) is 0 Å². The third kappa shape index (κ3) is 1.55. The van der Waals surface area contributed by atoms with E-state index in [9.17, 15) is 0 Å². The number of methoxy groups -OCH3 is 1. The van der Waals surface area contributed by atoms with Crippen LogP contribution < -0.4 is 4.74 Å². The van der Waals surface area contributed by atoms with Crippen LogP contribution in [0.4, 0.5) is 0 Å². The number of hydrogen-bond acceptors (Lipinski definition) is 2. The van der Waals surface area contributed by atoms with Gasteiger partial charge in [-0.1, -0.05) is 0 Å². The molecule has 0 saturated heterocycles. The Morgan fingerprint density at radius 2 is 2.27 bits per heavy atom. The smallest absolute Gasteiger partial charge is 0.120 e. The van der Waals surface area contributed by atoms with Gasteiger partial charge in [0.2, 0.25) is 0 Å². The van der Waals surface area contributed by atoms with E-state index in [-0.39, 0.29) is 0 Å². The molecule has 0 N–H and O–H groups in total. The summed E-state index contributed by atoms with van der Waals surface area (Å²) < 4.78 is 7.19. The second kappa shape index (κ2) is 3.66. The lowest BCUT2D eigenvalue weighted by Gasteiger charge is -2.01. The van der Waals surface area contributed by atoms with Crippen LogP contribution in [0.25, 0.3) is 10.9 Å². The van der Waals surface area contributed by atoms with Crippen LogP contribution in [0.15, 0.2) is 24.4 Å². The van der Waals surface area contributed by atoms with Crippen molar-refractivity contribution in [2.45, 2.75) is 6.42 Å². The van der Waals surface area contributed by atoms with Crippen LogP contribution in [0.5, 0.6) is 5.75 Å². The summed E-state index contributed by atoms with van der Waals surface area (Å²) in [5.41, 5.74) is 2.16. The molecule has 0 aliphatic rings. The molecule has 0 unspecified atom stereocenters. The van der Waals surface area contributed by atoms with Gasteiger partial charge in [0, 0.05) is 24.7 Å². The minimum Gasteiger partial charge on any atom is -0.497 e. The number of ether oxygens (including phenoxy) is 1. The zero-order valence-electron chi connectivity index (χ0n) is 8.82. The minimum atomic E-state index is 0.448. The molecule has 3 heteroatoms. The Balaban J connectivity index is 2.65. The molecule has 0 fully saturated rings. The molecule has 2 aromatic rings. The molecule has 2 rings (SSSR count). The van der Waals surface area contributed by atoms with Crippen molar-refractivity contribution < 1.29 is 4.74 Å². The Bertz CT molecular complexity index is 534. The van der Waals surface area contributed by atoms with Crippen molar-refractivity contribution in [2.24, 2.45) is 7.05 Å². The standard InChI is InChI=1S/C12H12N2O/c1-14-8-9(5-6-13)11-4-3-10(15-2)7-12(11)14/h3-4,7-8H,5H2,1-2H3. The Kier molecular flexibility index (Phi) is 2.34. The highest BCUT2D eigenvalue weighted by molar-refractivity contribution is 5.85. The molecule has 0 spiro atoms. The van der Waals surface area contributed by atoms with Crippen LogP contribution in [0, 0.1) is 11.3 Å². The molecule has 0 aliphatic carbocycles. The molecule has 0 aliphatic heterocycles. The van der Waals surface area contributed by atoms with E-state index in [4.69, 9.17) is 10.00 Å². The van der Waals surface area contributed by atoms with Crippen molar-refractivity contribution in [1.82, 2.24) is 4.57 Å². The van der Waals surface area contributed by atoms with E-state index in [2.05, 4.69) is 6.07 Å². The molecule has 0 amide bonds. The van der Waals surface area contributed by atoms with Crippen LogP contribution in [0.3, 0.4) is 0 Å². The Hall–Kier alpha value is -1.95. The van der Waals surface area contributed by atoms with Gasteiger partial charge in [0.05, 0.1) is 25.1 Å². The second-order valence-electron chi connectivity index (χ2n) is 3.48. The topological polar surface area (TPSA) is 37.9 Å².